The summed E-state index contributed by atoms with van der Waals surface area (Å²) >= 11 is 0. The molecular weight excluding hydrogens is 316 g/mol. The Morgan fingerprint density at radius 2 is 1.31 bits per heavy atom. The van der Waals surface area contributed by atoms with Crippen LogP contribution in [0, 0.1) is 23.7 Å². The maximum absolute atomic E-state index is 5.26. The van der Waals surface area contributed by atoms with Gasteiger partial charge in [-0.05, 0) is 79.9 Å². The highest BCUT2D eigenvalue weighted by molar-refractivity contribution is 5.27. The standard InChI is InChI=1S/C25H40O/c1-3-4-5-20-8-14-23(15-9-20)24-16-10-21(11-17-24)6-7-22-12-18-25(26-2)19-13-22/h12-13,18-21,23-24H,3-11,14-17H2,1-2H3/t20-,21-,23-,24-. The predicted molar refractivity (Wildman–Crippen MR) is 112 cm³/mol. The number of rotatable bonds is 8. The van der Waals surface area contributed by atoms with Gasteiger partial charge in [0.1, 0.15) is 5.75 Å². The van der Waals surface area contributed by atoms with E-state index in [1.54, 1.807) is 7.11 Å². The van der Waals surface area contributed by atoms with Crippen LogP contribution >= 0.6 is 0 Å². The smallest absolute Gasteiger partial charge is 0.118 e. The van der Waals surface area contributed by atoms with Crippen LogP contribution in [0.15, 0.2) is 24.3 Å². The quantitative estimate of drug-likeness (QED) is 0.470. The van der Waals surface area contributed by atoms with Gasteiger partial charge in [-0.25, -0.2) is 0 Å². The first-order valence-electron chi connectivity index (χ1n) is 11.4. The first kappa shape index (κ1) is 19.8. The Morgan fingerprint density at radius 3 is 1.81 bits per heavy atom. The molecule has 0 aromatic heterocycles. The number of unbranched alkanes of at least 4 members (excludes halogenated alkanes) is 1. The molecule has 0 spiro atoms. The second-order valence-corrected chi connectivity index (χ2v) is 9.09. The Morgan fingerprint density at radius 1 is 0.769 bits per heavy atom. The summed E-state index contributed by atoms with van der Waals surface area (Å²) in [6.07, 6.45) is 19.1. The molecule has 0 aliphatic heterocycles. The van der Waals surface area contributed by atoms with Crippen molar-refractivity contribution < 1.29 is 4.74 Å². The summed E-state index contributed by atoms with van der Waals surface area (Å²) in [6, 6.07) is 8.68. The highest BCUT2D eigenvalue weighted by Crippen LogP contribution is 2.43. The zero-order chi connectivity index (χ0) is 18.2. The SMILES string of the molecule is CCCC[C@H]1CC[C@H]([C@H]2CC[C@H](CCc3ccc(OC)cc3)CC2)CC1. The van der Waals surface area contributed by atoms with E-state index >= 15 is 0 Å². The molecule has 0 unspecified atom stereocenters. The lowest BCUT2D eigenvalue weighted by atomic mass is 9.68. The van der Waals surface area contributed by atoms with Crippen molar-refractivity contribution in [2.45, 2.75) is 90.4 Å². The van der Waals surface area contributed by atoms with E-state index in [0.717, 1.165) is 29.4 Å². The fraction of sp³-hybridized carbons (Fsp3) is 0.760. The normalized spacial score (nSPS) is 29.5. The molecule has 2 aliphatic rings. The van der Waals surface area contributed by atoms with Crippen LogP contribution in [0.5, 0.6) is 5.75 Å². The average Bonchev–Trinajstić information content (AvgIpc) is 2.72. The van der Waals surface area contributed by atoms with Crippen molar-refractivity contribution >= 4 is 0 Å². The van der Waals surface area contributed by atoms with Crippen molar-refractivity contribution in [1.82, 2.24) is 0 Å². The van der Waals surface area contributed by atoms with Crippen molar-refractivity contribution in [3.8, 4) is 5.75 Å². The van der Waals surface area contributed by atoms with Crippen molar-refractivity contribution in [2.75, 3.05) is 7.11 Å². The molecule has 1 aromatic carbocycles. The van der Waals surface area contributed by atoms with E-state index < -0.39 is 0 Å². The zero-order valence-electron chi connectivity index (χ0n) is 17.2. The van der Waals surface area contributed by atoms with Gasteiger partial charge in [0, 0.05) is 0 Å². The van der Waals surface area contributed by atoms with Gasteiger partial charge in [-0.3, -0.25) is 0 Å². The van der Waals surface area contributed by atoms with Gasteiger partial charge in [0.15, 0.2) is 0 Å². The molecule has 1 heteroatoms. The van der Waals surface area contributed by atoms with E-state index in [1.807, 2.05) is 0 Å². The van der Waals surface area contributed by atoms with Crippen LogP contribution < -0.4 is 4.74 Å². The van der Waals surface area contributed by atoms with Crippen LogP contribution in [0.3, 0.4) is 0 Å². The molecule has 1 nitrogen and oxygen atoms in total. The lowest BCUT2D eigenvalue weighted by Crippen LogP contribution is -2.26. The molecule has 0 saturated heterocycles. The molecule has 0 radical (unpaired) electrons. The zero-order valence-corrected chi connectivity index (χ0v) is 17.2. The summed E-state index contributed by atoms with van der Waals surface area (Å²) in [7, 11) is 1.74. The van der Waals surface area contributed by atoms with E-state index in [9.17, 15) is 0 Å². The van der Waals surface area contributed by atoms with Gasteiger partial charge in [-0.2, -0.15) is 0 Å². The third kappa shape index (κ3) is 5.76. The first-order valence-corrected chi connectivity index (χ1v) is 11.4. The fourth-order valence-electron chi connectivity index (χ4n) is 5.55. The highest BCUT2D eigenvalue weighted by atomic mass is 16.5. The third-order valence-electron chi connectivity index (χ3n) is 7.42. The number of hydrogen-bond acceptors (Lipinski definition) is 1. The van der Waals surface area contributed by atoms with Crippen LogP contribution in [0.1, 0.15) is 89.5 Å². The minimum absolute atomic E-state index is 0.967. The Balaban J connectivity index is 1.34. The topological polar surface area (TPSA) is 9.23 Å². The lowest BCUT2D eigenvalue weighted by Gasteiger charge is -2.38. The number of hydrogen-bond donors (Lipinski definition) is 0. The molecule has 2 fully saturated rings. The number of benzene rings is 1. The molecule has 0 bridgehead atoms. The third-order valence-corrected chi connectivity index (χ3v) is 7.42. The van der Waals surface area contributed by atoms with Crippen LogP contribution in [0.2, 0.25) is 0 Å². The predicted octanol–water partition coefficient (Wildman–Crippen LogP) is 7.43. The summed E-state index contributed by atoms with van der Waals surface area (Å²) in [4.78, 5) is 0. The molecular formula is C25H40O. The average molecular weight is 357 g/mol. The molecule has 3 rings (SSSR count). The van der Waals surface area contributed by atoms with Crippen molar-refractivity contribution in [2.24, 2.45) is 23.7 Å². The minimum atomic E-state index is 0.967. The Bertz CT molecular complexity index is 489. The van der Waals surface area contributed by atoms with Gasteiger partial charge < -0.3 is 4.74 Å². The summed E-state index contributed by atoms with van der Waals surface area (Å²) in [5, 5.41) is 0. The maximum Gasteiger partial charge on any atom is 0.118 e. The molecule has 0 atom stereocenters. The Kier molecular flexibility index (Phi) is 7.89. The van der Waals surface area contributed by atoms with Crippen LogP contribution in [0.4, 0.5) is 0 Å². The molecule has 26 heavy (non-hydrogen) atoms. The summed E-state index contributed by atoms with van der Waals surface area (Å²) < 4.78 is 5.26. The van der Waals surface area contributed by atoms with E-state index in [4.69, 9.17) is 4.74 Å². The van der Waals surface area contributed by atoms with Gasteiger partial charge in [-0.1, -0.05) is 64.0 Å². The number of aryl methyl sites for hydroxylation is 1. The van der Waals surface area contributed by atoms with Crippen molar-refractivity contribution in [3.05, 3.63) is 29.8 Å². The molecule has 2 aliphatic carbocycles. The summed E-state index contributed by atoms with van der Waals surface area (Å²) in [5.41, 5.74) is 1.47. The van der Waals surface area contributed by atoms with Gasteiger partial charge in [0.05, 0.1) is 7.11 Å². The molecule has 0 heterocycles. The summed E-state index contributed by atoms with van der Waals surface area (Å²) in [6.45, 7) is 2.33. The van der Waals surface area contributed by atoms with Crippen molar-refractivity contribution in [3.63, 3.8) is 0 Å². The number of methoxy groups -OCH3 is 1. The molecule has 2 saturated carbocycles. The first-order chi connectivity index (χ1) is 12.8. The monoisotopic (exact) mass is 356 g/mol. The minimum Gasteiger partial charge on any atom is -0.497 e. The fourth-order valence-corrected chi connectivity index (χ4v) is 5.55. The largest absolute Gasteiger partial charge is 0.497 e. The highest BCUT2D eigenvalue weighted by Gasteiger charge is 2.30. The molecule has 0 N–H and O–H groups in total. The Labute approximate surface area is 161 Å². The second kappa shape index (κ2) is 10.4. The number of ether oxygens (including phenoxy) is 1. The van der Waals surface area contributed by atoms with Crippen molar-refractivity contribution in [1.29, 1.82) is 0 Å². The van der Waals surface area contributed by atoms with Crippen LogP contribution in [-0.2, 0) is 6.42 Å². The second-order valence-electron chi connectivity index (χ2n) is 9.09. The van der Waals surface area contributed by atoms with Gasteiger partial charge >= 0.3 is 0 Å². The maximum atomic E-state index is 5.26. The van der Waals surface area contributed by atoms with Crippen LogP contribution in [0.25, 0.3) is 0 Å². The molecule has 0 amide bonds. The van der Waals surface area contributed by atoms with E-state index in [1.165, 1.54) is 89.0 Å². The molecule has 1 aromatic rings. The van der Waals surface area contributed by atoms with Gasteiger partial charge in [-0.15, -0.1) is 0 Å². The summed E-state index contributed by atoms with van der Waals surface area (Å²) in [5.74, 6) is 5.12. The van der Waals surface area contributed by atoms with Crippen LogP contribution in [-0.4, -0.2) is 7.11 Å². The molecule has 146 valence electrons. The van der Waals surface area contributed by atoms with E-state index in [0.29, 0.717) is 0 Å². The lowest BCUT2D eigenvalue weighted by molar-refractivity contribution is 0.140. The van der Waals surface area contributed by atoms with Gasteiger partial charge in [0.25, 0.3) is 0 Å². The van der Waals surface area contributed by atoms with Gasteiger partial charge in [0.2, 0.25) is 0 Å². The van der Waals surface area contributed by atoms with E-state index in [2.05, 4.69) is 31.2 Å². The van der Waals surface area contributed by atoms with E-state index in [-0.39, 0.29) is 0 Å². The Hall–Kier alpha value is -0.980.